The molecule has 1 N–H and O–H groups in total. The lowest BCUT2D eigenvalue weighted by molar-refractivity contribution is 0.330. The number of benzene rings is 2. The van der Waals surface area contributed by atoms with E-state index in [9.17, 15) is 4.39 Å². The minimum absolute atomic E-state index is 0.269. The zero-order chi connectivity index (χ0) is 21.1. The normalized spacial score (nSPS) is 10.9. The Labute approximate surface area is 174 Å². The van der Waals surface area contributed by atoms with Crippen molar-refractivity contribution < 1.29 is 9.13 Å². The highest BCUT2D eigenvalue weighted by atomic mass is 19.1. The van der Waals surface area contributed by atoms with Crippen LogP contribution in [-0.4, -0.2) is 26.5 Å². The van der Waals surface area contributed by atoms with Crippen LogP contribution in [0.1, 0.15) is 23.6 Å². The van der Waals surface area contributed by atoms with E-state index in [1.54, 1.807) is 18.3 Å². The van der Waals surface area contributed by atoms with Crippen molar-refractivity contribution in [3.63, 3.8) is 0 Å². The van der Waals surface area contributed by atoms with E-state index in [0.29, 0.717) is 36.1 Å². The van der Waals surface area contributed by atoms with E-state index in [2.05, 4.69) is 46.2 Å². The van der Waals surface area contributed by atoms with Crippen LogP contribution in [0.2, 0.25) is 0 Å². The molecule has 0 bridgehead atoms. The Balaban J connectivity index is 1.67. The highest BCUT2D eigenvalue weighted by Gasteiger charge is 2.13. The molecule has 6 nitrogen and oxygen atoms in total. The van der Waals surface area contributed by atoms with Crippen LogP contribution < -0.4 is 10.1 Å². The number of aryl methyl sites for hydroxylation is 2. The first-order valence-electron chi connectivity index (χ1n) is 9.77. The van der Waals surface area contributed by atoms with Crippen LogP contribution in [0.3, 0.4) is 0 Å². The second kappa shape index (κ2) is 8.41. The van der Waals surface area contributed by atoms with Gasteiger partial charge in [0.25, 0.3) is 0 Å². The zero-order valence-corrected chi connectivity index (χ0v) is 17.1. The van der Waals surface area contributed by atoms with Crippen LogP contribution in [0.25, 0.3) is 22.4 Å². The maximum atomic E-state index is 13.1. The fraction of sp³-hybridized carbons (Fsp3) is 0.217. The largest absolute Gasteiger partial charge is 0.476 e. The molecular formula is C23H22FN5O. The number of hydrogen-bond acceptors (Lipinski definition) is 6. The van der Waals surface area contributed by atoms with Crippen molar-refractivity contribution in [1.82, 2.24) is 19.9 Å². The Morgan fingerprint density at radius 1 is 0.967 bits per heavy atom. The second-order valence-electron chi connectivity index (χ2n) is 6.99. The number of halogens is 1. The fourth-order valence-corrected chi connectivity index (χ4v) is 3.02. The summed E-state index contributed by atoms with van der Waals surface area (Å²) >= 11 is 0. The third-order valence-corrected chi connectivity index (χ3v) is 4.82. The van der Waals surface area contributed by atoms with Gasteiger partial charge in [-0.1, -0.05) is 24.3 Å². The molecule has 2 heterocycles. The van der Waals surface area contributed by atoms with E-state index in [1.165, 1.54) is 23.3 Å². The van der Waals surface area contributed by atoms with Crippen LogP contribution in [-0.2, 0) is 6.54 Å². The Bertz CT molecular complexity index is 1190. The number of aromatic nitrogens is 4. The van der Waals surface area contributed by atoms with Gasteiger partial charge in [-0.3, -0.25) is 0 Å². The van der Waals surface area contributed by atoms with Crippen molar-refractivity contribution in [2.24, 2.45) is 0 Å². The third kappa shape index (κ3) is 4.20. The lowest BCUT2D eigenvalue weighted by atomic mass is 10.0. The van der Waals surface area contributed by atoms with Crippen LogP contribution in [0.5, 0.6) is 5.88 Å². The summed E-state index contributed by atoms with van der Waals surface area (Å²) < 4.78 is 18.8. The van der Waals surface area contributed by atoms with E-state index in [-0.39, 0.29) is 5.82 Å². The highest BCUT2D eigenvalue weighted by molar-refractivity contribution is 5.79. The van der Waals surface area contributed by atoms with Gasteiger partial charge in [0.15, 0.2) is 11.2 Å². The van der Waals surface area contributed by atoms with Crippen molar-refractivity contribution in [3.05, 3.63) is 71.2 Å². The molecule has 0 unspecified atom stereocenters. The van der Waals surface area contributed by atoms with Gasteiger partial charge in [0.1, 0.15) is 5.82 Å². The molecular weight excluding hydrogens is 381 g/mol. The molecule has 4 rings (SSSR count). The third-order valence-electron chi connectivity index (χ3n) is 4.82. The van der Waals surface area contributed by atoms with E-state index in [0.717, 1.165) is 16.8 Å². The molecule has 2 aromatic carbocycles. The number of nitrogens with one attached hydrogen (secondary N) is 1. The Hall–Kier alpha value is -3.61. The van der Waals surface area contributed by atoms with Crippen molar-refractivity contribution in [2.45, 2.75) is 27.3 Å². The topological polar surface area (TPSA) is 72.8 Å². The molecule has 2 aromatic heterocycles. The predicted octanol–water partition coefficient (Wildman–Crippen LogP) is 4.85. The molecule has 0 aliphatic carbocycles. The minimum atomic E-state index is -0.269. The van der Waals surface area contributed by atoms with Gasteiger partial charge in [-0.05, 0) is 55.7 Å². The summed E-state index contributed by atoms with van der Waals surface area (Å²) in [6.07, 6.45) is 1.71. The van der Waals surface area contributed by atoms with Gasteiger partial charge >= 0.3 is 0 Å². The first-order valence-corrected chi connectivity index (χ1v) is 9.77. The second-order valence-corrected chi connectivity index (χ2v) is 6.99. The molecule has 4 aromatic rings. The minimum Gasteiger partial charge on any atom is -0.476 e. The van der Waals surface area contributed by atoms with Gasteiger partial charge in [-0.2, -0.15) is 9.97 Å². The molecule has 0 aliphatic heterocycles. The molecule has 152 valence electrons. The zero-order valence-electron chi connectivity index (χ0n) is 17.1. The maximum Gasteiger partial charge on any atom is 0.247 e. The average molecular weight is 403 g/mol. The van der Waals surface area contributed by atoms with Gasteiger partial charge in [-0.25, -0.2) is 14.4 Å². The van der Waals surface area contributed by atoms with E-state index >= 15 is 0 Å². The molecule has 0 amide bonds. The number of fused-ring (bicyclic) bond motifs is 1. The highest BCUT2D eigenvalue weighted by Crippen LogP contribution is 2.26. The number of ether oxygens (including phenoxy) is 1. The maximum absolute atomic E-state index is 13.1. The fourth-order valence-electron chi connectivity index (χ4n) is 3.02. The number of hydrogen-bond donors (Lipinski definition) is 1. The monoisotopic (exact) mass is 403 g/mol. The van der Waals surface area contributed by atoms with Crippen LogP contribution in [0.4, 0.5) is 10.3 Å². The van der Waals surface area contributed by atoms with Crippen LogP contribution in [0.15, 0.2) is 48.7 Å². The van der Waals surface area contributed by atoms with E-state index in [4.69, 9.17) is 9.72 Å². The van der Waals surface area contributed by atoms with Crippen molar-refractivity contribution in [2.75, 3.05) is 11.9 Å². The summed E-state index contributed by atoms with van der Waals surface area (Å²) in [4.78, 5) is 18.2. The number of nitrogens with zero attached hydrogens (tertiary/aromatic N) is 4. The molecule has 0 fully saturated rings. The molecule has 30 heavy (non-hydrogen) atoms. The molecule has 0 aliphatic rings. The van der Waals surface area contributed by atoms with Crippen LogP contribution in [0, 0.1) is 19.7 Å². The smallest absolute Gasteiger partial charge is 0.247 e. The van der Waals surface area contributed by atoms with Gasteiger partial charge in [0.05, 0.1) is 18.5 Å². The standard InChI is InChI=1S/C23H22FN5O/c1-4-30-22-20-21(25-13-19(27-20)17-8-5-14(2)15(3)11-17)28-23(29-22)26-12-16-6-9-18(24)10-7-16/h5-11,13H,4,12H2,1-3H3,(H,25,26,28,29). The van der Waals surface area contributed by atoms with E-state index < -0.39 is 0 Å². The Morgan fingerprint density at radius 2 is 1.77 bits per heavy atom. The van der Waals surface area contributed by atoms with Crippen molar-refractivity contribution in [1.29, 1.82) is 0 Å². The van der Waals surface area contributed by atoms with Gasteiger partial charge in [-0.15, -0.1) is 0 Å². The predicted molar refractivity (Wildman–Crippen MR) is 115 cm³/mol. The summed E-state index contributed by atoms with van der Waals surface area (Å²) in [5.74, 6) is 0.486. The first-order chi connectivity index (χ1) is 14.5. The lowest BCUT2D eigenvalue weighted by Crippen LogP contribution is -2.07. The van der Waals surface area contributed by atoms with Gasteiger partial charge in [0, 0.05) is 12.1 Å². The van der Waals surface area contributed by atoms with E-state index in [1.807, 2.05) is 13.0 Å². The molecule has 0 saturated carbocycles. The Kier molecular flexibility index (Phi) is 5.52. The molecule has 0 saturated heterocycles. The van der Waals surface area contributed by atoms with Crippen molar-refractivity contribution >= 4 is 17.1 Å². The average Bonchev–Trinajstić information content (AvgIpc) is 2.75. The van der Waals surface area contributed by atoms with Crippen molar-refractivity contribution in [3.8, 4) is 17.1 Å². The summed E-state index contributed by atoms with van der Waals surface area (Å²) in [5, 5.41) is 3.14. The lowest BCUT2D eigenvalue weighted by Gasteiger charge is -2.11. The SMILES string of the molecule is CCOc1nc(NCc2ccc(F)cc2)nc2ncc(-c3ccc(C)c(C)c3)nc12. The quantitative estimate of drug-likeness (QED) is 0.496. The summed E-state index contributed by atoms with van der Waals surface area (Å²) in [5.41, 5.74) is 6.01. The Morgan fingerprint density at radius 3 is 2.50 bits per heavy atom. The summed E-state index contributed by atoms with van der Waals surface area (Å²) in [6, 6.07) is 12.4. The molecule has 0 spiro atoms. The summed E-state index contributed by atoms with van der Waals surface area (Å²) in [6.45, 7) is 6.93. The first kappa shape index (κ1) is 19.7. The molecule has 0 radical (unpaired) electrons. The van der Waals surface area contributed by atoms with Gasteiger partial charge in [0.2, 0.25) is 11.8 Å². The van der Waals surface area contributed by atoms with Gasteiger partial charge < -0.3 is 10.1 Å². The molecule has 0 atom stereocenters. The number of rotatable bonds is 6. The molecule has 7 heteroatoms. The number of anilines is 1. The summed E-state index contributed by atoms with van der Waals surface area (Å²) in [7, 11) is 0. The van der Waals surface area contributed by atoms with Crippen LogP contribution >= 0.6 is 0 Å².